The highest BCUT2D eigenvalue weighted by atomic mass is 79.9. The third-order valence-corrected chi connectivity index (χ3v) is 4.31. The summed E-state index contributed by atoms with van der Waals surface area (Å²) in [6.07, 6.45) is 3.17. The average molecular weight is 313 g/mol. The van der Waals surface area contributed by atoms with Crippen molar-refractivity contribution in [1.82, 2.24) is 0 Å². The first-order valence-corrected chi connectivity index (χ1v) is 6.94. The summed E-state index contributed by atoms with van der Waals surface area (Å²) < 4.78 is 6.39. The number of halogens is 1. The molecule has 0 atom stereocenters. The van der Waals surface area contributed by atoms with Gasteiger partial charge in [-0.1, -0.05) is 29.3 Å². The summed E-state index contributed by atoms with van der Waals surface area (Å²) in [4.78, 5) is 11.6. The van der Waals surface area contributed by atoms with E-state index in [-0.39, 0.29) is 0 Å². The Morgan fingerprint density at radius 1 is 1.50 bits per heavy atom. The lowest BCUT2D eigenvalue weighted by Gasteiger charge is -2.39. The molecule has 0 saturated heterocycles. The van der Waals surface area contributed by atoms with Gasteiger partial charge in [-0.25, -0.2) is 0 Å². The van der Waals surface area contributed by atoms with Gasteiger partial charge in [-0.3, -0.25) is 4.79 Å². The molecule has 1 aromatic rings. The van der Waals surface area contributed by atoms with Crippen molar-refractivity contribution < 1.29 is 14.6 Å². The molecule has 0 amide bonds. The van der Waals surface area contributed by atoms with Crippen molar-refractivity contribution in [2.24, 2.45) is 0 Å². The quantitative estimate of drug-likeness (QED) is 0.925. The second kappa shape index (κ2) is 4.92. The molecule has 2 rings (SSSR count). The van der Waals surface area contributed by atoms with E-state index in [0.29, 0.717) is 12.8 Å². The number of methoxy groups -OCH3 is 1. The van der Waals surface area contributed by atoms with Crippen LogP contribution in [0, 0.1) is 0 Å². The van der Waals surface area contributed by atoms with Crippen LogP contribution in [0.15, 0.2) is 16.6 Å². The van der Waals surface area contributed by atoms with Crippen molar-refractivity contribution in [3.05, 3.63) is 27.7 Å². The number of hydrogen-bond donors (Lipinski definition) is 1. The molecule has 1 aromatic carbocycles. The third kappa shape index (κ3) is 1.92. The lowest BCUT2D eigenvalue weighted by Crippen LogP contribution is -2.42. The fraction of sp³-hybridized carbons (Fsp3) is 0.500. The molecule has 1 fully saturated rings. The Bertz CT molecular complexity index is 478. The van der Waals surface area contributed by atoms with E-state index in [1.165, 1.54) is 0 Å². The fourth-order valence-electron chi connectivity index (χ4n) is 2.64. The summed E-state index contributed by atoms with van der Waals surface area (Å²) >= 11 is 3.46. The number of aryl methyl sites for hydroxylation is 1. The van der Waals surface area contributed by atoms with Gasteiger partial charge in [0.25, 0.3) is 0 Å². The molecule has 1 saturated carbocycles. The number of hydrogen-bond acceptors (Lipinski definition) is 2. The van der Waals surface area contributed by atoms with Crippen LogP contribution in [0.4, 0.5) is 0 Å². The highest BCUT2D eigenvalue weighted by molar-refractivity contribution is 9.10. The Kier molecular flexibility index (Phi) is 3.66. The molecule has 3 nitrogen and oxygen atoms in total. The topological polar surface area (TPSA) is 46.5 Å². The Labute approximate surface area is 115 Å². The minimum Gasteiger partial charge on any atom is -0.496 e. The number of aliphatic carboxylic acids is 1. The van der Waals surface area contributed by atoms with Gasteiger partial charge in [-0.05, 0) is 37.0 Å². The second-order valence-corrected chi connectivity index (χ2v) is 5.66. The van der Waals surface area contributed by atoms with Crippen LogP contribution in [0.25, 0.3) is 0 Å². The van der Waals surface area contributed by atoms with Crippen LogP contribution in [0.1, 0.15) is 37.3 Å². The van der Waals surface area contributed by atoms with E-state index in [4.69, 9.17) is 4.74 Å². The maximum atomic E-state index is 11.6. The van der Waals surface area contributed by atoms with Crippen molar-refractivity contribution in [2.75, 3.05) is 7.11 Å². The number of ether oxygens (including phenoxy) is 1. The molecule has 0 aliphatic heterocycles. The third-order valence-electron chi connectivity index (χ3n) is 3.85. The van der Waals surface area contributed by atoms with E-state index in [0.717, 1.165) is 34.2 Å². The maximum absolute atomic E-state index is 11.6. The molecule has 1 aliphatic rings. The summed E-state index contributed by atoms with van der Waals surface area (Å²) in [5.74, 6) is -0.00463. The zero-order valence-electron chi connectivity index (χ0n) is 10.6. The molecule has 0 aromatic heterocycles. The van der Waals surface area contributed by atoms with E-state index < -0.39 is 11.4 Å². The Morgan fingerprint density at radius 2 is 2.17 bits per heavy atom. The van der Waals surface area contributed by atoms with Gasteiger partial charge in [-0.2, -0.15) is 0 Å². The van der Waals surface area contributed by atoms with Gasteiger partial charge in [0.2, 0.25) is 0 Å². The molecular weight excluding hydrogens is 296 g/mol. The van der Waals surface area contributed by atoms with E-state index in [9.17, 15) is 9.90 Å². The van der Waals surface area contributed by atoms with Crippen LogP contribution in [-0.4, -0.2) is 18.2 Å². The van der Waals surface area contributed by atoms with Gasteiger partial charge in [-0.15, -0.1) is 0 Å². The molecule has 98 valence electrons. The molecular formula is C14H17BrO3. The number of rotatable bonds is 4. The average Bonchev–Trinajstić information content (AvgIpc) is 2.26. The van der Waals surface area contributed by atoms with Crippen LogP contribution < -0.4 is 4.74 Å². The number of carboxylic acid groups (broad SMARTS) is 1. The second-order valence-electron chi connectivity index (χ2n) is 4.74. The molecule has 1 aliphatic carbocycles. The normalized spacial score (nSPS) is 17.1. The molecule has 1 N–H and O–H groups in total. The van der Waals surface area contributed by atoms with E-state index in [2.05, 4.69) is 15.9 Å². The van der Waals surface area contributed by atoms with Gasteiger partial charge in [0.1, 0.15) is 5.75 Å². The van der Waals surface area contributed by atoms with E-state index in [1.807, 2.05) is 19.1 Å². The van der Waals surface area contributed by atoms with Crippen molar-refractivity contribution >= 4 is 21.9 Å². The van der Waals surface area contributed by atoms with Crippen molar-refractivity contribution in [3.63, 3.8) is 0 Å². The van der Waals surface area contributed by atoms with Crippen molar-refractivity contribution in [1.29, 1.82) is 0 Å². The predicted molar refractivity (Wildman–Crippen MR) is 73.2 cm³/mol. The largest absolute Gasteiger partial charge is 0.496 e. The summed E-state index contributed by atoms with van der Waals surface area (Å²) in [5.41, 5.74) is 1.11. The summed E-state index contributed by atoms with van der Waals surface area (Å²) in [6.45, 7) is 2.04. The zero-order valence-corrected chi connectivity index (χ0v) is 12.2. The first kappa shape index (κ1) is 13.4. The van der Waals surface area contributed by atoms with Crippen LogP contribution in [0.3, 0.4) is 0 Å². The molecule has 0 unspecified atom stereocenters. The van der Waals surface area contributed by atoms with Gasteiger partial charge in [0.05, 0.1) is 12.5 Å². The van der Waals surface area contributed by atoms with Crippen LogP contribution in [0.2, 0.25) is 0 Å². The first-order chi connectivity index (χ1) is 8.55. The van der Waals surface area contributed by atoms with Crippen LogP contribution >= 0.6 is 15.9 Å². The number of carbonyl (C=O) groups is 1. The van der Waals surface area contributed by atoms with E-state index in [1.54, 1.807) is 7.11 Å². The Hall–Kier alpha value is -1.03. The summed E-state index contributed by atoms with van der Waals surface area (Å²) in [5, 5.41) is 9.54. The molecule has 0 bridgehead atoms. The number of benzene rings is 1. The standard InChI is InChI=1S/C14H17BrO3/c1-3-9-7-10(15)8-11(12(9)18-2)14(13(16)17)5-4-6-14/h7-8H,3-6H2,1-2H3,(H,16,17). The molecule has 0 heterocycles. The highest BCUT2D eigenvalue weighted by Crippen LogP contribution is 2.49. The SMILES string of the molecule is CCc1cc(Br)cc(C2(C(=O)O)CCC2)c1OC. The summed E-state index contributed by atoms with van der Waals surface area (Å²) in [7, 11) is 1.61. The smallest absolute Gasteiger partial charge is 0.314 e. The number of carboxylic acids is 1. The highest BCUT2D eigenvalue weighted by Gasteiger charge is 2.48. The lowest BCUT2D eigenvalue weighted by atomic mass is 9.64. The van der Waals surface area contributed by atoms with Gasteiger partial charge in [0.15, 0.2) is 0 Å². The monoisotopic (exact) mass is 312 g/mol. The zero-order chi connectivity index (χ0) is 13.3. The Balaban J connectivity index is 2.62. The van der Waals surface area contributed by atoms with Crippen LogP contribution in [0.5, 0.6) is 5.75 Å². The van der Waals surface area contributed by atoms with Gasteiger partial charge in [0, 0.05) is 10.0 Å². The van der Waals surface area contributed by atoms with Crippen LogP contribution in [-0.2, 0) is 16.6 Å². The molecule has 0 spiro atoms. The molecule has 4 heteroatoms. The maximum Gasteiger partial charge on any atom is 0.314 e. The van der Waals surface area contributed by atoms with Gasteiger partial charge >= 0.3 is 5.97 Å². The van der Waals surface area contributed by atoms with Crippen molar-refractivity contribution in [3.8, 4) is 5.75 Å². The minimum absolute atomic E-state index is 0.693. The summed E-state index contributed by atoms with van der Waals surface area (Å²) in [6, 6.07) is 3.89. The minimum atomic E-state index is -0.751. The van der Waals surface area contributed by atoms with E-state index >= 15 is 0 Å². The lowest BCUT2D eigenvalue weighted by molar-refractivity contribution is -0.147. The molecule has 18 heavy (non-hydrogen) atoms. The Morgan fingerprint density at radius 3 is 2.56 bits per heavy atom. The molecule has 0 radical (unpaired) electrons. The van der Waals surface area contributed by atoms with Crippen molar-refractivity contribution in [2.45, 2.75) is 38.0 Å². The fourth-order valence-corrected chi connectivity index (χ4v) is 3.14. The van der Waals surface area contributed by atoms with Gasteiger partial charge < -0.3 is 9.84 Å². The first-order valence-electron chi connectivity index (χ1n) is 6.15. The predicted octanol–water partition coefficient (Wildman–Crippen LogP) is 3.53.